The summed E-state index contributed by atoms with van der Waals surface area (Å²) in [6, 6.07) is 0. The van der Waals surface area contributed by atoms with Crippen molar-refractivity contribution in [3.8, 4) is 0 Å². The summed E-state index contributed by atoms with van der Waals surface area (Å²) >= 11 is 6.04. The highest BCUT2D eigenvalue weighted by molar-refractivity contribution is 6.33. The van der Waals surface area contributed by atoms with Gasteiger partial charge in [-0.05, 0) is 6.92 Å². The second-order valence-electron chi connectivity index (χ2n) is 3.83. The number of rotatable bonds is 7. The van der Waals surface area contributed by atoms with E-state index in [1.165, 1.54) is 6.33 Å². The molecule has 1 atom stereocenters. The summed E-state index contributed by atoms with van der Waals surface area (Å²) in [6.45, 7) is 5.86. The first-order chi connectivity index (χ1) is 9.56. The summed E-state index contributed by atoms with van der Waals surface area (Å²) in [4.78, 5) is 19.0. The number of anilines is 1. The van der Waals surface area contributed by atoms with Gasteiger partial charge in [0.2, 0.25) is 0 Å². The molecule has 0 radical (unpaired) electrons. The lowest BCUT2D eigenvalue weighted by molar-refractivity contribution is 0.151. The number of aromatic nitrogens is 2. The minimum Gasteiger partial charge on any atom is -0.448 e. The first-order valence-electron chi connectivity index (χ1n) is 6.00. The van der Waals surface area contributed by atoms with E-state index in [-0.39, 0.29) is 11.6 Å². The predicted molar refractivity (Wildman–Crippen MR) is 75.7 cm³/mol. The van der Waals surface area contributed by atoms with Gasteiger partial charge < -0.3 is 20.5 Å². The van der Waals surface area contributed by atoms with Crippen LogP contribution in [0.2, 0.25) is 5.02 Å². The van der Waals surface area contributed by atoms with Gasteiger partial charge in [0.1, 0.15) is 23.8 Å². The Balaban J connectivity index is 2.41. The zero-order valence-corrected chi connectivity index (χ0v) is 11.9. The van der Waals surface area contributed by atoms with E-state index in [9.17, 15) is 9.90 Å². The Morgan fingerprint density at radius 2 is 2.40 bits per heavy atom. The highest BCUT2D eigenvalue weighted by Crippen LogP contribution is 2.25. The molecule has 8 heteroatoms. The van der Waals surface area contributed by atoms with E-state index in [2.05, 4.69) is 27.2 Å². The maximum atomic E-state index is 11.1. The van der Waals surface area contributed by atoms with Crippen LogP contribution in [0.1, 0.15) is 18.7 Å². The van der Waals surface area contributed by atoms with Crippen LogP contribution in [0.15, 0.2) is 19.0 Å². The summed E-state index contributed by atoms with van der Waals surface area (Å²) in [5.41, 5.74) is 0.341. The molecule has 0 saturated heterocycles. The average molecular weight is 301 g/mol. The molecule has 0 bridgehead atoms. The van der Waals surface area contributed by atoms with Crippen molar-refractivity contribution >= 4 is 23.5 Å². The van der Waals surface area contributed by atoms with E-state index >= 15 is 0 Å². The lowest BCUT2D eigenvalue weighted by Crippen LogP contribution is -2.26. The summed E-state index contributed by atoms with van der Waals surface area (Å²) < 4.78 is 4.89. The van der Waals surface area contributed by atoms with Crippen molar-refractivity contribution in [1.82, 2.24) is 15.3 Å². The van der Waals surface area contributed by atoms with Crippen molar-refractivity contribution in [2.24, 2.45) is 0 Å². The molecule has 0 aliphatic rings. The molecule has 0 aromatic carbocycles. The fourth-order valence-corrected chi connectivity index (χ4v) is 1.64. The number of nitrogens with one attached hydrogen (secondary N) is 2. The zero-order chi connectivity index (χ0) is 15.0. The summed E-state index contributed by atoms with van der Waals surface area (Å²) in [6.07, 6.45) is 1.54. The molecule has 110 valence electrons. The first kappa shape index (κ1) is 16.2. The van der Waals surface area contributed by atoms with E-state index in [1.54, 1.807) is 13.0 Å². The third kappa shape index (κ3) is 5.02. The van der Waals surface area contributed by atoms with E-state index in [4.69, 9.17) is 16.3 Å². The highest BCUT2D eigenvalue weighted by Gasteiger charge is 2.12. The Morgan fingerprint density at radius 1 is 1.65 bits per heavy atom. The number of carbonyl (C=O) groups is 1. The number of halogens is 1. The molecule has 1 rings (SSSR count). The van der Waals surface area contributed by atoms with Crippen molar-refractivity contribution in [3.05, 3.63) is 29.7 Å². The summed E-state index contributed by atoms with van der Waals surface area (Å²) in [5.74, 6) is 0.382. The SMILES string of the molecule is C=CCNC(=O)OCCNc1ncnc(C(C)O)c1Cl. The second kappa shape index (κ2) is 8.34. The molecule has 1 amide bonds. The number of nitrogens with zero attached hydrogens (tertiary/aromatic N) is 2. The molecular formula is C12H17ClN4O3. The quantitative estimate of drug-likeness (QED) is 0.522. The van der Waals surface area contributed by atoms with Crippen LogP contribution in [0.25, 0.3) is 0 Å². The first-order valence-corrected chi connectivity index (χ1v) is 6.38. The van der Waals surface area contributed by atoms with Gasteiger partial charge in [-0.1, -0.05) is 17.7 Å². The van der Waals surface area contributed by atoms with E-state index < -0.39 is 12.2 Å². The number of aliphatic hydroxyl groups is 1. The van der Waals surface area contributed by atoms with Crippen LogP contribution in [0.3, 0.4) is 0 Å². The monoisotopic (exact) mass is 300 g/mol. The molecule has 1 aromatic rings. The standard InChI is InChI=1S/C12H17ClN4O3/c1-3-4-15-12(19)20-6-5-14-11-9(13)10(8(2)18)16-7-17-11/h3,7-8,18H,1,4-6H2,2H3,(H,15,19)(H,14,16,17). The number of carbonyl (C=O) groups excluding carboxylic acids is 1. The van der Waals surface area contributed by atoms with Crippen molar-refractivity contribution in [2.45, 2.75) is 13.0 Å². The fourth-order valence-electron chi connectivity index (χ4n) is 1.32. The second-order valence-corrected chi connectivity index (χ2v) is 4.21. The summed E-state index contributed by atoms with van der Waals surface area (Å²) in [5, 5.41) is 15.1. The van der Waals surface area contributed by atoms with Crippen molar-refractivity contribution in [3.63, 3.8) is 0 Å². The number of amides is 1. The van der Waals surface area contributed by atoms with Crippen LogP contribution in [0.4, 0.5) is 10.6 Å². The molecule has 20 heavy (non-hydrogen) atoms. The molecule has 7 nitrogen and oxygen atoms in total. The third-order valence-electron chi connectivity index (χ3n) is 2.23. The zero-order valence-electron chi connectivity index (χ0n) is 11.1. The molecule has 0 spiro atoms. The molecular weight excluding hydrogens is 284 g/mol. The predicted octanol–water partition coefficient (Wildman–Crippen LogP) is 1.51. The Morgan fingerprint density at radius 3 is 3.05 bits per heavy atom. The maximum Gasteiger partial charge on any atom is 0.407 e. The molecule has 3 N–H and O–H groups in total. The average Bonchev–Trinajstić information content (AvgIpc) is 2.42. The Labute approximate surface area is 122 Å². The van der Waals surface area contributed by atoms with Crippen LogP contribution < -0.4 is 10.6 Å². The Hall–Kier alpha value is -1.86. The van der Waals surface area contributed by atoms with Gasteiger partial charge in [-0.15, -0.1) is 6.58 Å². The normalized spacial score (nSPS) is 11.6. The van der Waals surface area contributed by atoms with Gasteiger partial charge in [0.25, 0.3) is 0 Å². The van der Waals surface area contributed by atoms with E-state index in [0.717, 1.165) is 0 Å². The fraction of sp³-hybridized carbons (Fsp3) is 0.417. The third-order valence-corrected chi connectivity index (χ3v) is 2.60. The smallest absolute Gasteiger partial charge is 0.407 e. The lowest BCUT2D eigenvalue weighted by atomic mass is 10.2. The lowest BCUT2D eigenvalue weighted by Gasteiger charge is -2.11. The van der Waals surface area contributed by atoms with Gasteiger partial charge >= 0.3 is 6.09 Å². The number of ether oxygens (including phenoxy) is 1. The largest absolute Gasteiger partial charge is 0.448 e. The number of hydrogen-bond donors (Lipinski definition) is 3. The molecule has 1 unspecified atom stereocenters. The van der Waals surface area contributed by atoms with E-state index in [1.807, 2.05) is 0 Å². The minimum absolute atomic E-state index is 0.146. The van der Waals surface area contributed by atoms with Gasteiger partial charge in [-0.25, -0.2) is 14.8 Å². The minimum atomic E-state index is -0.785. The van der Waals surface area contributed by atoms with Crippen LogP contribution in [-0.2, 0) is 4.74 Å². The van der Waals surface area contributed by atoms with Gasteiger partial charge in [0.05, 0.1) is 18.3 Å². The Bertz CT molecular complexity index is 468. The molecule has 0 fully saturated rings. The highest BCUT2D eigenvalue weighted by atomic mass is 35.5. The van der Waals surface area contributed by atoms with Gasteiger partial charge in [0, 0.05) is 6.54 Å². The van der Waals surface area contributed by atoms with E-state index in [0.29, 0.717) is 24.6 Å². The van der Waals surface area contributed by atoms with Gasteiger partial charge in [-0.2, -0.15) is 0 Å². The van der Waals surface area contributed by atoms with Gasteiger partial charge in [-0.3, -0.25) is 0 Å². The molecule has 1 heterocycles. The van der Waals surface area contributed by atoms with Crippen LogP contribution >= 0.6 is 11.6 Å². The molecule has 0 aliphatic heterocycles. The number of hydrogen-bond acceptors (Lipinski definition) is 6. The summed E-state index contributed by atoms with van der Waals surface area (Å²) in [7, 11) is 0. The molecule has 0 aliphatic carbocycles. The number of alkyl carbamates (subject to hydrolysis) is 1. The molecule has 0 saturated carbocycles. The van der Waals surface area contributed by atoms with Crippen LogP contribution in [0, 0.1) is 0 Å². The van der Waals surface area contributed by atoms with Crippen LogP contribution in [-0.4, -0.2) is 40.9 Å². The van der Waals surface area contributed by atoms with Gasteiger partial charge in [0.15, 0.2) is 0 Å². The molecule has 1 aromatic heterocycles. The maximum absolute atomic E-state index is 11.1. The van der Waals surface area contributed by atoms with Crippen LogP contribution in [0.5, 0.6) is 0 Å². The van der Waals surface area contributed by atoms with Crippen molar-refractivity contribution in [1.29, 1.82) is 0 Å². The number of aliphatic hydroxyl groups excluding tert-OH is 1. The van der Waals surface area contributed by atoms with Crippen molar-refractivity contribution in [2.75, 3.05) is 25.0 Å². The topological polar surface area (TPSA) is 96.4 Å². The Kier molecular flexibility index (Phi) is 6.75. The van der Waals surface area contributed by atoms with Crippen molar-refractivity contribution < 1.29 is 14.6 Å².